The van der Waals surface area contributed by atoms with Crippen molar-refractivity contribution in [2.45, 2.75) is 64.7 Å². The molecule has 0 unspecified atom stereocenters. The van der Waals surface area contributed by atoms with Crippen LogP contribution in [0.15, 0.2) is 12.1 Å². The first kappa shape index (κ1) is 20.6. The molecule has 0 fully saturated rings. The van der Waals surface area contributed by atoms with E-state index >= 15 is 0 Å². The zero-order chi connectivity index (χ0) is 17.6. The lowest BCUT2D eigenvalue weighted by atomic mass is 10.1. The molecule has 0 bridgehead atoms. The Labute approximate surface area is 147 Å². The molecular weight excluding hydrogens is 304 g/mol. The van der Waals surface area contributed by atoms with Gasteiger partial charge in [-0.05, 0) is 37.0 Å². The molecule has 1 aromatic rings. The van der Waals surface area contributed by atoms with Gasteiger partial charge in [0, 0.05) is 6.61 Å². The van der Waals surface area contributed by atoms with Crippen molar-refractivity contribution < 1.29 is 19.3 Å². The quantitative estimate of drug-likeness (QED) is 0.497. The highest BCUT2D eigenvalue weighted by Crippen LogP contribution is 2.39. The molecule has 0 heterocycles. The Kier molecular flexibility index (Phi) is 11.1. The first-order valence-electron chi connectivity index (χ1n) is 9.25. The van der Waals surface area contributed by atoms with Crippen LogP contribution in [-0.2, 0) is 6.42 Å². The molecular formula is C20H34O4. The summed E-state index contributed by atoms with van der Waals surface area (Å²) < 4.78 is 16.9. The number of benzene rings is 1. The lowest BCUT2D eigenvalue weighted by molar-refractivity contribution is 0.266. The Morgan fingerprint density at radius 2 is 1.42 bits per heavy atom. The average Bonchev–Trinajstić information content (AvgIpc) is 2.62. The minimum absolute atomic E-state index is 0.182. The second-order valence-corrected chi connectivity index (χ2v) is 6.13. The number of aliphatic hydroxyl groups is 1. The summed E-state index contributed by atoms with van der Waals surface area (Å²) in [6.45, 7) is 3.10. The van der Waals surface area contributed by atoms with Gasteiger partial charge >= 0.3 is 0 Å². The monoisotopic (exact) mass is 338 g/mol. The van der Waals surface area contributed by atoms with Crippen molar-refractivity contribution in [1.29, 1.82) is 0 Å². The largest absolute Gasteiger partial charge is 0.493 e. The Hall–Kier alpha value is -1.42. The van der Waals surface area contributed by atoms with Crippen molar-refractivity contribution >= 4 is 0 Å². The SMILES string of the molecule is CCCCCCCCCOc1c(OC)cc(CCCO)cc1OC. The lowest BCUT2D eigenvalue weighted by Crippen LogP contribution is -2.03. The third-order valence-electron chi connectivity index (χ3n) is 4.14. The van der Waals surface area contributed by atoms with Crippen LogP contribution in [0.25, 0.3) is 0 Å². The summed E-state index contributed by atoms with van der Waals surface area (Å²) in [4.78, 5) is 0. The molecule has 4 heteroatoms. The predicted molar refractivity (Wildman–Crippen MR) is 98.4 cm³/mol. The van der Waals surface area contributed by atoms with E-state index in [0.717, 1.165) is 24.8 Å². The van der Waals surface area contributed by atoms with Gasteiger partial charge in [-0.1, -0.05) is 45.4 Å². The van der Waals surface area contributed by atoms with Crippen molar-refractivity contribution in [3.05, 3.63) is 17.7 Å². The number of methoxy groups -OCH3 is 2. The van der Waals surface area contributed by atoms with E-state index in [0.29, 0.717) is 23.9 Å². The van der Waals surface area contributed by atoms with Gasteiger partial charge in [-0.15, -0.1) is 0 Å². The standard InChI is InChI=1S/C20H34O4/c1-4-5-6-7-8-9-10-14-24-20-18(22-2)15-17(12-11-13-21)16-19(20)23-3/h15-16,21H,4-14H2,1-3H3. The highest BCUT2D eigenvalue weighted by atomic mass is 16.5. The van der Waals surface area contributed by atoms with Crippen LogP contribution in [0.1, 0.15) is 63.9 Å². The zero-order valence-corrected chi connectivity index (χ0v) is 15.6. The molecule has 0 aliphatic rings. The van der Waals surface area contributed by atoms with Gasteiger partial charge in [0.1, 0.15) is 0 Å². The van der Waals surface area contributed by atoms with Gasteiger partial charge in [-0.25, -0.2) is 0 Å². The van der Waals surface area contributed by atoms with Crippen molar-refractivity contribution in [2.75, 3.05) is 27.4 Å². The van der Waals surface area contributed by atoms with E-state index in [1.165, 1.54) is 38.5 Å². The van der Waals surface area contributed by atoms with E-state index in [1.54, 1.807) is 14.2 Å². The van der Waals surface area contributed by atoms with E-state index in [-0.39, 0.29) is 6.61 Å². The number of hydrogen-bond acceptors (Lipinski definition) is 4. The Bertz CT molecular complexity index is 420. The lowest BCUT2D eigenvalue weighted by Gasteiger charge is -2.16. The van der Waals surface area contributed by atoms with Crippen molar-refractivity contribution in [1.82, 2.24) is 0 Å². The predicted octanol–water partition coefficient (Wildman–Crippen LogP) is 4.76. The molecule has 138 valence electrons. The molecule has 0 saturated heterocycles. The second kappa shape index (κ2) is 12.9. The summed E-state index contributed by atoms with van der Waals surface area (Å²) in [7, 11) is 3.29. The molecule has 4 nitrogen and oxygen atoms in total. The Morgan fingerprint density at radius 1 is 0.833 bits per heavy atom. The van der Waals surface area contributed by atoms with Crippen LogP contribution in [-0.4, -0.2) is 32.5 Å². The number of aryl methyl sites for hydroxylation is 1. The maximum Gasteiger partial charge on any atom is 0.203 e. The molecule has 0 spiro atoms. The molecule has 1 rings (SSSR count). The summed E-state index contributed by atoms with van der Waals surface area (Å²) in [5.74, 6) is 2.08. The van der Waals surface area contributed by atoms with Gasteiger partial charge in [0.05, 0.1) is 20.8 Å². The van der Waals surface area contributed by atoms with Crippen LogP contribution >= 0.6 is 0 Å². The van der Waals surface area contributed by atoms with Crippen LogP contribution in [0.5, 0.6) is 17.2 Å². The summed E-state index contributed by atoms with van der Waals surface area (Å²) in [5.41, 5.74) is 1.08. The highest BCUT2D eigenvalue weighted by Gasteiger charge is 2.14. The van der Waals surface area contributed by atoms with Crippen molar-refractivity contribution in [3.63, 3.8) is 0 Å². The second-order valence-electron chi connectivity index (χ2n) is 6.13. The smallest absolute Gasteiger partial charge is 0.203 e. The number of ether oxygens (including phenoxy) is 3. The first-order valence-corrected chi connectivity index (χ1v) is 9.25. The molecule has 0 atom stereocenters. The van der Waals surface area contributed by atoms with E-state index in [2.05, 4.69) is 6.92 Å². The fourth-order valence-corrected chi connectivity index (χ4v) is 2.74. The molecule has 0 radical (unpaired) electrons. The van der Waals surface area contributed by atoms with Gasteiger partial charge in [-0.2, -0.15) is 0 Å². The third kappa shape index (κ3) is 7.43. The van der Waals surface area contributed by atoms with Crippen LogP contribution in [0, 0.1) is 0 Å². The van der Waals surface area contributed by atoms with Crippen molar-refractivity contribution in [3.8, 4) is 17.2 Å². The summed E-state index contributed by atoms with van der Waals surface area (Å²) in [5, 5.41) is 8.98. The van der Waals surface area contributed by atoms with Crippen molar-refractivity contribution in [2.24, 2.45) is 0 Å². The Morgan fingerprint density at radius 3 is 1.96 bits per heavy atom. The van der Waals surface area contributed by atoms with Gasteiger partial charge < -0.3 is 19.3 Å². The number of unbranched alkanes of at least 4 members (excludes halogenated alkanes) is 6. The van der Waals surface area contributed by atoms with Gasteiger partial charge in [-0.3, -0.25) is 0 Å². The van der Waals surface area contributed by atoms with Gasteiger partial charge in [0.2, 0.25) is 5.75 Å². The van der Waals surface area contributed by atoms with E-state index in [1.807, 2.05) is 12.1 Å². The molecule has 0 aliphatic heterocycles. The van der Waals surface area contributed by atoms with Gasteiger partial charge in [0.25, 0.3) is 0 Å². The first-order chi connectivity index (χ1) is 11.8. The molecule has 0 amide bonds. The number of rotatable bonds is 14. The summed E-state index contributed by atoms with van der Waals surface area (Å²) in [6.07, 6.45) is 10.3. The molecule has 0 aromatic heterocycles. The van der Waals surface area contributed by atoms with E-state index in [9.17, 15) is 0 Å². The summed E-state index contributed by atoms with van der Waals surface area (Å²) >= 11 is 0. The minimum Gasteiger partial charge on any atom is -0.493 e. The fourth-order valence-electron chi connectivity index (χ4n) is 2.74. The summed E-state index contributed by atoms with van der Waals surface area (Å²) in [6, 6.07) is 3.94. The van der Waals surface area contributed by atoms with E-state index in [4.69, 9.17) is 19.3 Å². The van der Waals surface area contributed by atoms with Crippen LogP contribution in [0.4, 0.5) is 0 Å². The fraction of sp³-hybridized carbons (Fsp3) is 0.700. The van der Waals surface area contributed by atoms with Gasteiger partial charge in [0.15, 0.2) is 11.5 Å². The molecule has 0 aliphatic carbocycles. The molecule has 1 N–H and O–H groups in total. The average molecular weight is 338 g/mol. The van der Waals surface area contributed by atoms with Crippen LogP contribution < -0.4 is 14.2 Å². The maximum absolute atomic E-state index is 8.98. The third-order valence-corrected chi connectivity index (χ3v) is 4.14. The Balaban J connectivity index is 2.50. The zero-order valence-electron chi connectivity index (χ0n) is 15.6. The number of aliphatic hydroxyl groups excluding tert-OH is 1. The minimum atomic E-state index is 0.182. The van der Waals surface area contributed by atoms with E-state index < -0.39 is 0 Å². The topological polar surface area (TPSA) is 47.9 Å². The van der Waals surface area contributed by atoms with Crippen LogP contribution in [0.2, 0.25) is 0 Å². The normalized spacial score (nSPS) is 10.7. The van der Waals surface area contributed by atoms with Crippen LogP contribution in [0.3, 0.4) is 0 Å². The highest BCUT2D eigenvalue weighted by molar-refractivity contribution is 5.53. The molecule has 0 saturated carbocycles. The molecule has 24 heavy (non-hydrogen) atoms. The number of hydrogen-bond donors (Lipinski definition) is 1. The maximum atomic E-state index is 8.98. The molecule has 1 aromatic carbocycles.